The van der Waals surface area contributed by atoms with Gasteiger partial charge in [-0.2, -0.15) is 0 Å². The fourth-order valence-corrected chi connectivity index (χ4v) is 1.43. The van der Waals surface area contributed by atoms with Gasteiger partial charge in [-0.3, -0.25) is 0 Å². The molecule has 1 aromatic rings. The van der Waals surface area contributed by atoms with Crippen LogP contribution >= 0.6 is 0 Å². The summed E-state index contributed by atoms with van der Waals surface area (Å²) in [5, 5.41) is 9.10. The minimum absolute atomic E-state index is 0.497. The Labute approximate surface area is 89.7 Å². The number of benzene rings is 1. The maximum Gasteiger partial charge on any atom is 0.347 e. The molecule has 0 amide bonds. The smallest absolute Gasteiger partial charge is 0.347 e. The van der Waals surface area contributed by atoms with Gasteiger partial charge in [0.1, 0.15) is 5.75 Å². The van der Waals surface area contributed by atoms with Crippen LogP contribution in [0.25, 0.3) is 0 Å². The van der Waals surface area contributed by atoms with Crippen LogP contribution in [0.2, 0.25) is 0 Å². The van der Waals surface area contributed by atoms with E-state index in [1.54, 1.807) is 19.1 Å². The number of aliphatic carboxylic acids is 1. The molecule has 0 saturated carbocycles. The average molecular weight is 208 g/mol. The Bertz CT molecular complexity index is 321. The van der Waals surface area contributed by atoms with Gasteiger partial charge in [0.05, 0.1) is 0 Å². The van der Waals surface area contributed by atoms with Gasteiger partial charge in [0, 0.05) is 0 Å². The molecule has 0 aliphatic carbocycles. The minimum atomic E-state index is -1.13. The van der Waals surface area contributed by atoms with Gasteiger partial charge in [0.2, 0.25) is 5.60 Å². The zero-order valence-electron chi connectivity index (χ0n) is 9.06. The van der Waals surface area contributed by atoms with Crippen LogP contribution in [0.5, 0.6) is 5.75 Å². The molecular weight excluding hydrogens is 192 g/mol. The Hall–Kier alpha value is -1.51. The minimum Gasteiger partial charge on any atom is -0.478 e. The second kappa shape index (κ2) is 4.82. The zero-order chi connectivity index (χ0) is 11.3. The van der Waals surface area contributed by atoms with Crippen molar-refractivity contribution in [2.75, 3.05) is 0 Å². The number of rotatable bonds is 5. The van der Waals surface area contributed by atoms with Gasteiger partial charge in [-0.15, -0.1) is 0 Å². The molecule has 3 nitrogen and oxygen atoms in total. The lowest BCUT2D eigenvalue weighted by Gasteiger charge is -2.25. The van der Waals surface area contributed by atoms with E-state index in [4.69, 9.17) is 9.84 Å². The number of para-hydroxylation sites is 1. The van der Waals surface area contributed by atoms with Crippen molar-refractivity contribution in [3.05, 3.63) is 30.3 Å². The molecule has 0 radical (unpaired) electrons. The maximum atomic E-state index is 11.1. The third-order valence-corrected chi connectivity index (χ3v) is 2.27. The van der Waals surface area contributed by atoms with E-state index in [1.165, 1.54) is 0 Å². The van der Waals surface area contributed by atoms with Crippen molar-refractivity contribution in [2.24, 2.45) is 0 Å². The number of hydrogen-bond donors (Lipinski definition) is 1. The van der Waals surface area contributed by atoms with Crippen LogP contribution in [0.15, 0.2) is 30.3 Å². The fourth-order valence-electron chi connectivity index (χ4n) is 1.43. The number of carboxylic acid groups (broad SMARTS) is 1. The van der Waals surface area contributed by atoms with E-state index in [-0.39, 0.29) is 0 Å². The van der Waals surface area contributed by atoms with Crippen LogP contribution < -0.4 is 4.74 Å². The molecule has 15 heavy (non-hydrogen) atoms. The number of hydrogen-bond acceptors (Lipinski definition) is 2. The summed E-state index contributed by atoms with van der Waals surface area (Å²) in [6, 6.07) is 9.03. The summed E-state index contributed by atoms with van der Waals surface area (Å²) in [4.78, 5) is 11.1. The van der Waals surface area contributed by atoms with Gasteiger partial charge in [0.25, 0.3) is 0 Å². The fraction of sp³-hybridized carbons (Fsp3) is 0.417. The second-order valence-electron chi connectivity index (χ2n) is 3.70. The molecule has 0 aliphatic rings. The summed E-state index contributed by atoms with van der Waals surface area (Å²) >= 11 is 0. The van der Waals surface area contributed by atoms with Crippen LogP contribution in [0.4, 0.5) is 0 Å². The Kier molecular flexibility index (Phi) is 3.72. The first-order valence-electron chi connectivity index (χ1n) is 5.06. The van der Waals surface area contributed by atoms with Gasteiger partial charge in [-0.1, -0.05) is 31.5 Å². The van der Waals surface area contributed by atoms with Crippen molar-refractivity contribution in [1.29, 1.82) is 0 Å². The molecule has 0 bridgehead atoms. The molecule has 3 heteroatoms. The summed E-state index contributed by atoms with van der Waals surface area (Å²) in [5.74, 6) is -0.330. The first kappa shape index (κ1) is 11.6. The highest BCUT2D eigenvalue weighted by Gasteiger charge is 2.34. The van der Waals surface area contributed by atoms with E-state index in [0.717, 1.165) is 6.42 Å². The van der Waals surface area contributed by atoms with Crippen LogP contribution in [0.1, 0.15) is 26.7 Å². The molecule has 1 N–H and O–H groups in total. The summed E-state index contributed by atoms with van der Waals surface area (Å²) in [6.07, 6.45) is 1.27. The normalized spacial score (nSPS) is 14.3. The number of ether oxygens (including phenoxy) is 1. The highest BCUT2D eigenvalue weighted by atomic mass is 16.5. The zero-order valence-corrected chi connectivity index (χ0v) is 9.06. The van der Waals surface area contributed by atoms with Crippen LogP contribution in [0, 0.1) is 0 Å². The lowest BCUT2D eigenvalue weighted by Crippen LogP contribution is -2.41. The van der Waals surface area contributed by atoms with Crippen LogP contribution in [-0.2, 0) is 4.79 Å². The SMILES string of the molecule is CCCC(C)(Oc1ccccc1)C(=O)O. The van der Waals surface area contributed by atoms with E-state index >= 15 is 0 Å². The average Bonchev–Trinajstić information content (AvgIpc) is 2.19. The maximum absolute atomic E-state index is 11.1. The first-order chi connectivity index (χ1) is 7.08. The molecule has 1 atom stereocenters. The number of carbonyl (C=O) groups is 1. The highest BCUT2D eigenvalue weighted by Crippen LogP contribution is 2.22. The van der Waals surface area contributed by atoms with Gasteiger partial charge in [0.15, 0.2) is 0 Å². The van der Waals surface area contributed by atoms with E-state index in [9.17, 15) is 4.79 Å². The Morgan fingerprint density at radius 3 is 2.47 bits per heavy atom. The molecule has 0 heterocycles. The third kappa shape index (κ3) is 2.98. The molecule has 1 aromatic carbocycles. The standard InChI is InChI=1S/C12H16O3/c1-3-9-12(2,11(13)14)15-10-7-5-4-6-8-10/h4-8H,3,9H2,1-2H3,(H,13,14). The predicted molar refractivity (Wildman–Crippen MR) is 58.0 cm³/mol. The van der Waals surface area contributed by atoms with Crippen molar-refractivity contribution in [2.45, 2.75) is 32.3 Å². The van der Waals surface area contributed by atoms with Gasteiger partial charge in [-0.25, -0.2) is 4.79 Å². The van der Waals surface area contributed by atoms with E-state index in [0.29, 0.717) is 12.2 Å². The second-order valence-corrected chi connectivity index (χ2v) is 3.70. The van der Waals surface area contributed by atoms with Crippen molar-refractivity contribution < 1.29 is 14.6 Å². The van der Waals surface area contributed by atoms with Gasteiger partial charge >= 0.3 is 5.97 Å². The highest BCUT2D eigenvalue weighted by molar-refractivity contribution is 5.77. The molecule has 0 aliphatic heterocycles. The third-order valence-electron chi connectivity index (χ3n) is 2.27. The topological polar surface area (TPSA) is 46.5 Å². The van der Waals surface area contributed by atoms with E-state index in [1.807, 2.05) is 25.1 Å². The van der Waals surface area contributed by atoms with Gasteiger partial charge < -0.3 is 9.84 Å². The molecule has 0 saturated heterocycles. The summed E-state index contributed by atoms with van der Waals surface area (Å²) in [6.45, 7) is 3.54. The Morgan fingerprint density at radius 2 is 2.00 bits per heavy atom. The van der Waals surface area contributed by atoms with Crippen molar-refractivity contribution in [3.8, 4) is 5.75 Å². The predicted octanol–water partition coefficient (Wildman–Crippen LogP) is 2.71. The molecule has 82 valence electrons. The quantitative estimate of drug-likeness (QED) is 0.809. The van der Waals surface area contributed by atoms with Crippen LogP contribution in [0.3, 0.4) is 0 Å². The van der Waals surface area contributed by atoms with Crippen molar-refractivity contribution in [1.82, 2.24) is 0 Å². The Balaban J connectivity index is 2.80. The molecule has 1 rings (SSSR count). The first-order valence-corrected chi connectivity index (χ1v) is 5.06. The Morgan fingerprint density at radius 1 is 1.40 bits per heavy atom. The lowest BCUT2D eigenvalue weighted by atomic mass is 10.0. The monoisotopic (exact) mass is 208 g/mol. The van der Waals surface area contributed by atoms with E-state index in [2.05, 4.69) is 0 Å². The van der Waals surface area contributed by atoms with E-state index < -0.39 is 11.6 Å². The molecule has 0 spiro atoms. The largest absolute Gasteiger partial charge is 0.478 e. The molecular formula is C12H16O3. The van der Waals surface area contributed by atoms with Crippen LogP contribution in [-0.4, -0.2) is 16.7 Å². The van der Waals surface area contributed by atoms with Gasteiger partial charge in [-0.05, 0) is 25.5 Å². The lowest BCUT2D eigenvalue weighted by molar-refractivity contribution is -0.154. The molecule has 1 unspecified atom stereocenters. The van der Waals surface area contributed by atoms with Crippen molar-refractivity contribution >= 4 is 5.97 Å². The summed E-state index contributed by atoms with van der Waals surface area (Å²) in [7, 11) is 0. The van der Waals surface area contributed by atoms with Crippen molar-refractivity contribution in [3.63, 3.8) is 0 Å². The molecule has 0 fully saturated rings. The summed E-state index contributed by atoms with van der Waals surface area (Å²) < 4.78 is 5.50. The molecule has 0 aromatic heterocycles. The summed E-state index contributed by atoms with van der Waals surface area (Å²) in [5.41, 5.74) is -1.13. The number of carboxylic acids is 1.